The van der Waals surface area contributed by atoms with E-state index in [0.29, 0.717) is 23.8 Å². The Kier molecular flexibility index (Phi) is 7.13. The summed E-state index contributed by atoms with van der Waals surface area (Å²) in [5, 5.41) is 4.80. The van der Waals surface area contributed by atoms with Gasteiger partial charge < -0.3 is 24.7 Å². The van der Waals surface area contributed by atoms with Gasteiger partial charge in [0.05, 0.1) is 26.3 Å². The molecule has 0 saturated heterocycles. The number of anilines is 1. The normalized spacial score (nSPS) is 10.7. The van der Waals surface area contributed by atoms with Crippen LogP contribution in [0.5, 0.6) is 11.5 Å². The Hall–Kier alpha value is -3.84. The molecule has 0 radical (unpaired) electrons. The van der Waals surface area contributed by atoms with E-state index in [4.69, 9.17) is 21.7 Å². The van der Waals surface area contributed by atoms with Crippen LogP contribution >= 0.6 is 12.2 Å². The van der Waals surface area contributed by atoms with Gasteiger partial charge in [-0.25, -0.2) is 0 Å². The molecule has 4 rings (SSSR count). The van der Waals surface area contributed by atoms with Gasteiger partial charge in [0, 0.05) is 17.8 Å². The van der Waals surface area contributed by atoms with Crippen LogP contribution in [0.4, 0.5) is 5.69 Å². The fourth-order valence-corrected chi connectivity index (χ4v) is 4.03. The number of pyridine rings is 1. The van der Waals surface area contributed by atoms with Gasteiger partial charge in [0.25, 0.3) is 5.56 Å². The molecule has 0 fully saturated rings. The number of para-hydroxylation sites is 1. The van der Waals surface area contributed by atoms with Crippen LogP contribution in [-0.4, -0.2) is 29.2 Å². The number of fused-ring (bicyclic) bond motifs is 1. The maximum atomic E-state index is 12.9. The standard InChI is InChI=1S/C27H27N3O3S/c1-18-5-4-6-20-15-21(26(31)29-25(18)20)17-30(16-19-7-11-23(32-2)12-8-19)27(34)28-22-9-13-24(33-3)14-10-22/h4-15H,16-17H2,1-3H3,(H,28,34)(H,29,31). The predicted octanol–water partition coefficient (Wildman–Crippen LogP) is 5.25. The van der Waals surface area contributed by atoms with E-state index in [2.05, 4.69) is 10.3 Å². The smallest absolute Gasteiger partial charge is 0.253 e. The second kappa shape index (κ2) is 10.4. The zero-order valence-corrected chi connectivity index (χ0v) is 20.2. The topological polar surface area (TPSA) is 66.6 Å². The number of aryl methyl sites for hydroxylation is 1. The lowest BCUT2D eigenvalue weighted by Gasteiger charge is -2.26. The molecular formula is C27H27N3O3S. The fraction of sp³-hybridized carbons (Fsp3) is 0.185. The van der Waals surface area contributed by atoms with E-state index in [1.165, 1.54) is 0 Å². The lowest BCUT2D eigenvalue weighted by atomic mass is 10.1. The lowest BCUT2D eigenvalue weighted by molar-refractivity contribution is 0.406. The largest absolute Gasteiger partial charge is 0.497 e. The number of ether oxygens (including phenoxy) is 2. The molecule has 0 aliphatic heterocycles. The minimum atomic E-state index is -0.117. The molecule has 0 bridgehead atoms. The van der Waals surface area contributed by atoms with Gasteiger partial charge in [0.2, 0.25) is 0 Å². The molecule has 34 heavy (non-hydrogen) atoms. The van der Waals surface area contributed by atoms with Crippen LogP contribution in [0, 0.1) is 6.92 Å². The van der Waals surface area contributed by atoms with E-state index in [-0.39, 0.29) is 5.56 Å². The fourth-order valence-electron chi connectivity index (χ4n) is 3.78. The first kappa shape index (κ1) is 23.3. The number of hydrogen-bond donors (Lipinski definition) is 2. The molecule has 2 N–H and O–H groups in total. The summed E-state index contributed by atoms with van der Waals surface area (Å²) in [5.74, 6) is 1.56. The van der Waals surface area contributed by atoms with Crippen molar-refractivity contribution in [2.24, 2.45) is 0 Å². The number of aromatic nitrogens is 1. The number of rotatable bonds is 7. The number of methoxy groups -OCH3 is 2. The van der Waals surface area contributed by atoms with E-state index in [0.717, 1.165) is 39.2 Å². The first-order valence-electron chi connectivity index (χ1n) is 10.9. The van der Waals surface area contributed by atoms with Gasteiger partial charge in [0.1, 0.15) is 11.5 Å². The van der Waals surface area contributed by atoms with Gasteiger partial charge in [0.15, 0.2) is 5.11 Å². The van der Waals surface area contributed by atoms with Crippen molar-refractivity contribution in [3.05, 3.63) is 99.8 Å². The molecule has 1 aromatic heterocycles. The number of aromatic amines is 1. The Balaban J connectivity index is 1.63. The minimum absolute atomic E-state index is 0.117. The molecule has 0 aliphatic rings. The molecule has 1 heterocycles. The summed E-state index contributed by atoms with van der Waals surface area (Å²) in [6.45, 7) is 2.87. The molecule has 6 nitrogen and oxygen atoms in total. The zero-order valence-electron chi connectivity index (χ0n) is 19.4. The van der Waals surface area contributed by atoms with Gasteiger partial charge in [-0.15, -0.1) is 0 Å². The highest BCUT2D eigenvalue weighted by molar-refractivity contribution is 7.80. The third-order valence-electron chi connectivity index (χ3n) is 5.69. The molecule has 4 aromatic rings. The van der Waals surface area contributed by atoms with Crippen molar-refractivity contribution in [2.45, 2.75) is 20.0 Å². The monoisotopic (exact) mass is 473 g/mol. The highest BCUT2D eigenvalue weighted by Crippen LogP contribution is 2.20. The quantitative estimate of drug-likeness (QED) is 0.357. The summed E-state index contributed by atoms with van der Waals surface area (Å²) in [4.78, 5) is 17.9. The Morgan fingerprint density at radius 3 is 2.24 bits per heavy atom. The van der Waals surface area contributed by atoms with E-state index in [1.807, 2.05) is 84.6 Å². The highest BCUT2D eigenvalue weighted by atomic mass is 32.1. The molecule has 0 atom stereocenters. The van der Waals surface area contributed by atoms with Crippen LogP contribution in [-0.2, 0) is 13.1 Å². The molecule has 0 amide bonds. The van der Waals surface area contributed by atoms with Crippen molar-refractivity contribution < 1.29 is 9.47 Å². The van der Waals surface area contributed by atoms with Gasteiger partial charge >= 0.3 is 0 Å². The summed E-state index contributed by atoms with van der Waals surface area (Å²) < 4.78 is 10.5. The van der Waals surface area contributed by atoms with Gasteiger partial charge in [-0.1, -0.05) is 30.3 Å². The Morgan fingerprint density at radius 2 is 1.59 bits per heavy atom. The first-order chi connectivity index (χ1) is 16.5. The average molecular weight is 474 g/mol. The van der Waals surface area contributed by atoms with Crippen LogP contribution in [0.2, 0.25) is 0 Å². The van der Waals surface area contributed by atoms with Gasteiger partial charge in [-0.3, -0.25) is 4.79 Å². The number of H-pyrrole nitrogens is 1. The van der Waals surface area contributed by atoms with Crippen molar-refractivity contribution in [2.75, 3.05) is 19.5 Å². The van der Waals surface area contributed by atoms with E-state index in [1.54, 1.807) is 14.2 Å². The molecule has 7 heteroatoms. The Labute approximate surface area is 204 Å². The Morgan fingerprint density at radius 1 is 0.941 bits per heavy atom. The van der Waals surface area contributed by atoms with Crippen LogP contribution in [0.25, 0.3) is 10.9 Å². The predicted molar refractivity (Wildman–Crippen MR) is 141 cm³/mol. The van der Waals surface area contributed by atoms with Crippen molar-refractivity contribution in [1.29, 1.82) is 0 Å². The SMILES string of the molecule is COc1ccc(CN(Cc2cc3cccc(C)c3[nH]c2=O)C(=S)Nc2ccc(OC)cc2)cc1. The molecule has 0 spiro atoms. The molecule has 3 aromatic carbocycles. The maximum absolute atomic E-state index is 12.9. The number of nitrogens with one attached hydrogen (secondary N) is 2. The second-order valence-electron chi connectivity index (χ2n) is 8.03. The molecule has 0 saturated carbocycles. The Bertz CT molecular complexity index is 1350. The van der Waals surface area contributed by atoms with Crippen molar-refractivity contribution in [1.82, 2.24) is 9.88 Å². The molecule has 0 unspecified atom stereocenters. The van der Waals surface area contributed by atoms with Gasteiger partial charge in [-0.05, 0) is 78.1 Å². The van der Waals surface area contributed by atoms with Crippen LogP contribution < -0.4 is 20.3 Å². The number of nitrogens with zero attached hydrogens (tertiary/aromatic N) is 1. The summed E-state index contributed by atoms with van der Waals surface area (Å²) >= 11 is 5.77. The van der Waals surface area contributed by atoms with Crippen molar-refractivity contribution in [3.8, 4) is 11.5 Å². The number of hydrogen-bond acceptors (Lipinski definition) is 4. The molecule has 0 aliphatic carbocycles. The van der Waals surface area contributed by atoms with Crippen LogP contribution in [0.1, 0.15) is 16.7 Å². The highest BCUT2D eigenvalue weighted by Gasteiger charge is 2.15. The first-order valence-corrected chi connectivity index (χ1v) is 11.3. The van der Waals surface area contributed by atoms with Crippen LogP contribution in [0.3, 0.4) is 0 Å². The second-order valence-corrected chi connectivity index (χ2v) is 8.41. The van der Waals surface area contributed by atoms with E-state index < -0.39 is 0 Å². The van der Waals surface area contributed by atoms with Crippen LogP contribution in [0.15, 0.2) is 77.6 Å². The third-order valence-corrected chi connectivity index (χ3v) is 6.05. The lowest BCUT2D eigenvalue weighted by Crippen LogP contribution is -2.35. The third kappa shape index (κ3) is 5.38. The van der Waals surface area contributed by atoms with Gasteiger partial charge in [-0.2, -0.15) is 0 Å². The molecule has 174 valence electrons. The maximum Gasteiger partial charge on any atom is 0.253 e. The summed E-state index contributed by atoms with van der Waals surface area (Å²) in [7, 11) is 3.27. The van der Waals surface area contributed by atoms with E-state index in [9.17, 15) is 4.79 Å². The average Bonchev–Trinajstić information content (AvgIpc) is 2.85. The van der Waals surface area contributed by atoms with Crippen molar-refractivity contribution in [3.63, 3.8) is 0 Å². The van der Waals surface area contributed by atoms with E-state index >= 15 is 0 Å². The molecular weight excluding hydrogens is 446 g/mol. The number of thiocarbonyl (C=S) groups is 1. The summed E-state index contributed by atoms with van der Waals surface area (Å²) in [5.41, 5.74) is 4.31. The van der Waals surface area contributed by atoms with Crippen molar-refractivity contribution >= 4 is 33.9 Å². The minimum Gasteiger partial charge on any atom is -0.497 e. The summed E-state index contributed by atoms with van der Waals surface area (Å²) in [6.07, 6.45) is 0. The summed E-state index contributed by atoms with van der Waals surface area (Å²) in [6, 6.07) is 23.3. The zero-order chi connectivity index (χ0) is 24.1. The number of benzene rings is 3.